The summed E-state index contributed by atoms with van der Waals surface area (Å²) in [6.45, 7) is -0.0148. The van der Waals surface area contributed by atoms with E-state index < -0.39 is 29.8 Å². The Morgan fingerprint density at radius 1 is 1.02 bits per heavy atom. The molecule has 11 heteroatoms. The number of rotatable bonds is 8. The van der Waals surface area contributed by atoms with Gasteiger partial charge in [0.15, 0.2) is 0 Å². The van der Waals surface area contributed by atoms with Crippen LogP contribution in [0.3, 0.4) is 0 Å². The molecule has 212 valence electrons. The summed E-state index contributed by atoms with van der Waals surface area (Å²) in [6, 6.07) is 17.8. The number of hydrogen-bond donors (Lipinski definition) is 1. The number of hydrogen-bond acceptors (Lipinski definition) is 6. The predicted octanol–water partition coefficient (Wildman–Crippen LogP) is 6.13. The monoisotopic (exact) mass is 566 g/mol. The first-order valence-electron chi connectivity index (χ1n) is 12.7. The van der Waals surface area contributed by atoms with E-state index in [1.807, 2.05) is 30.3 Å². The van der Waals surface area contributed by atoms with E-state index in [0.29, 0.717) is 35.8 Å². The Labute approximate surface area is 232 Å². The second-order valence-electron chi connectivity index (χ2n) is 9.47. The average molecular weight is 567 g/mol. The topological polar surface area (TPSA) is 102 Å². The van der Waals surface area contributed by atoms with Crippen LogP contribution in [-0.4, -0.2) is 39.7 Å². The molecule has 1 atom stereocenters. The lowest BCUT2D eigenvalue weighted by molar-refractivity contribution is -0.143. The highest BCUT2D eigenvalue weighted by atomic mass is 19.4. The molecule has 1 aliphatic rings. The van der Waals surface area contributed by atoms with Crippen LogP contribution in [0.2, 0.25) is 0 Å². The molecule has 0 saturated heterocycles. The molecule has 1 amide bonds. The van der Waals surface area contributed by atoms with Gasteiger partial charge >= 0.3 is 18.2 Å². The van der Waals surface area contributed by atoms with Crippen molar-refractivity contribution in [1.82, 2.24) is 9.88 Å². The zero-order valence-electron chi connectivity index (χ0n) is 21.6. The molecule has 1 unspecified atom stereocenters. The summed E-state index contributed by atoms with van der Waals surface area (Å²) in [5.74, 6) is -0.125. The highest BCUT2D eigenvalue weighted by molar-refractivity contribution is 5.81. The summed E-state index contributed by atoms with van der Waals surface area (Å²) in [7, 11) is 0. The van der Waals surface area contributed by atoms with Crippen LogP contribution < -0.4 is 4.74 Å². The van der Waals surface area contributed by atoms with E-state index in [-0.39, 0.29) is 19.6 Å². The number of oxazole rings is 1. The van der Waals surface area contributed by atoms with Crippen molar-refractivity contribution >= 4 is 12.1 Å². The molecule has 2 heterocycles. The molecule has 0 bridgehead atoms. The molecule has 0 saturated carbocycles. The summed E-state index contributed by atoms with van der Waals surface area (Å²) in [5, 5.41) is 9.73. The number of ether oxygens (including phenoxy) is 2. The van der Waals surface area contributed by atoms with Gasteiger partial charge in [0.25, 0.3) is 0 Å². The molecule has 4 aromatic rings. The van der Waals surface area contributed by atoms with Gasteiger partial charge in [-0.25, -0.2) is 14.6 Å². The van der Waals surface area contributed by atoms with Gasteiger partial charge in [-0.05, 0) is 53.1 Å². The Bertz CT molecular complexity index is 1520. The number of halogens is 3. The second-order valence-corrected chi connectivity index (χ2v) is 9.47. The first-order valence-corrected chi connectivity index (χ1v) is 12.7. The summed E-state index contributed by atoms with van der Waals surface area (Å²) in [6.07, 6.45) is -3.21. The number of nitrogens with zero attached hydrogens (tertiary/aromatic N) is 2. The fraction of sp³-hybridized carbons (Fsp3) is 0.233. The molecule has 1 N–H and O–H groups in total. The Kier molecular flexibility index (Phi) is 7.95. The highest BCUT2D eigenvalue weighted by Gasteiger charge is 2.36. The Morgan fingerprint density at radius 2 is 1.78 bits per heavy atom. The number of carbonyl (C=O) groups excluding carboxylic acids is 1. The predicted molar refractivity (Wildman–Crippen MR) is 140 cm³/mol. The number of aromatic nitrogens is 1. The standard InChI is InChI=1S/C30H25F3N2O6/c31-30(32,33)23-9-6-19(7-10-23)17-41-29(38)35-16-22-14-25(11-8-21(22)15-26(35)28(36)37)39-13-12-24-18-40-27(34-24)20-4-2-1-3-5-20/h1-11,14,18,26H,12-13,15-17H2,(H,36,37). The molecule has 3 aromatic carbocycles. The SMILES string of the molecule is O=C(O)C1Cc2ccc(OCCc3coc(-c4ccccc4)n3)cc2CN1C(=O)OCc1ccc(C(F)(F)F)cc1. The Morgan fingerprint density at radius 3 is 2.49 bits per heavy atom. The number of carboxylic acids is 1. The largest absolute Gasteiger partial charge is 0.493 e. The van der Waals surface area contributed by atoms with Gasteiger partial charge in [-0.2, -0.15) is 13.2 Å². The van der Waals surface area contributed by atoms with Crippen LogP contribution in [0.1, 0.15) is 27.9 Å². The quantitative estimate of drug-likeness (QED) is 0.274. The Hall–Kier alpha value is -4.80. The third-order valence-corrected chi connectivity index (χ3v) is 6.67. The molecule has 1 aliphatic heterocycles. The van der Waals surface area contributed by atoms with Crippen molar-refractivity contribution in [3.63, 3.8) is 0 Å². The molecule has 8 nitrogen and oxygen atoms in total. The minimum Gasteiger partial charge on any atom is -0.493 e. The zero-order chi connectivity index (χ0) is 29.0. The fourth-order valence-corrected chi connectivity index (χ4v) is 4.49. The highest BCUT2D eigenvalue weighted by Crippen LogP contribution is 2.30. The molecule has 0 fully saturated rings. The molecular formula is C30H25F3N2O6. The summed E-state index contributed by atoms with van der Waals surface area (Å²) in [4.78, 5) is 30.4. The van der Waals surface area contributed by atoms with Gasteiger partial charge in [-0.1, -0.05) is 36.4 Å². The summed E-state index contributed by atoms with van der Waals surface area (Å²) >= 11 is 0. The van der Waals surface area contributed by atoms with Crippen LogP contribution in [0.25, 0.3) is 11.5 Å². The number of alkyl halides is 3. The van der Waals surface area contributed by atoms with Crippen LogP contribution in [0.5, 0.6) is 5.75 Å². The van der Waals surface area contributed by atoms with E-state index in [2.05, 4.69) is 4.98 Å². The first kappa shape index (κ1) is 27.8. The molecule has 1 aromatic heterocycles. The fourth-order valence-electron chi connectivity index (χ4n) is 4.49. The molecule has 0 aliphatic carbocycles. The van der Waals surface area contributed by atoms with Crippen LogP contribution in [0, 0.1) is 0 Å². The van der Waals surface area contributed by atoms with Crippen LogP contribution in [0.4, 0.5) is 18.0 Å². The van der Waals surface area contributed by atoms with Crippen molar-refractivity contribution < 1.29 is 41.8 Å². The molecular weight excluding hydrogens is 541 g/mol. The summed E-state index contributed by atoms with van der Waals surface area (Å²) < 4.78 is 55.1. The minimum atomic E-state index is -4.48. The van der Waals surface area contributed by atoms with E-state index in [0.717, 1.165) is 33.9 Å². The molecule has 0 radical (unpaired) electrons. The maximum atomic E-state index is 12.9. The number of aliphatic carboxylic acids is 1. The lowest BCUT2D eigenvalue weighted by Gasteiger charge is -2.33. The van der Waals surface area contributed by atoms with E-state index in [1.165, 1.54) is 12.1 Å². The number of benzene rings is 3. The van der Waals surface area contributed by atoms with E-state index >= 15 is 0 Å². The lowest BCUT2D eigenvalue weighted by atomic mass is 9.94. The van der Waals surface area contributed by atoms with Gasteiger partial charge in [-0.3, -0.25) is 4.90 Å². The van der Waals surface area contributed by atoms with Gasteiger partial charge in [0.05, 0.1) is 24.4 Å². The smallest absolute Gasteiger partial charge is 0.416 e. The van der Waals surface area contributed by atoms with Crippen molar-refractivity contribution in [3.8, 4) is 17.2 Å². The molecule has 5 rings (SSSR count). The summed E-state index contributed by atoms with van der Waals surface area (Å²) in [5.41, 5.74) is 2.60. The number of amides is 1. The zero-order valence-corrected chi connectivity index (χ0v) is 21.6. The third kappa shape index (κ3) is 6.68. The molecule has 0 spiro atoms. The number of carboxylic acid groups (broad SMARTS) is 1. The molecule has 41 heavy (non-hydrogen) atoms. The average Bonchev–Trinajstić information content (AvgIpc) is 3.44. The van der Waals surface area contributed by atoms with Gasteiger partial charge in [0.1, 0.15) is 24.7 Å². The van der Waals surface area contributed by atoms with Crippen molar-refractivity contribution in [2.75, 3.05) is 6.61 Å². The first-order chi connectivity index (χ1) is 19.7. The van der Waals surface area contributed by atoms with E-state index in [1.54, 1.807) is 24.5 Å². The van der Waals surface area contributed by atoms with E-state index in [9.17, 15) is 27.9 Å². The third-order valence-electron chi connectivity index (χ3n) is 6.67. The lowest BCUT2D eigenvalue weighted by Crippen LogP contribution is -2.48. The van der Waals surface area contributed by atoms with Gasteiger partial charge in [0, 0.05) is 18.4 Å². The van der Waals surface area contributed by atoms with Gasteiger partial charge in [0.2, 0.25) is 5.89 Å². The van der Waals surface area contributed by atoms with Gasteiger partial charge < -0.3 is 19.0 Å². The van der Waals surface area contributed by atoms with E-state index in [4.69, 9.17) is 13.9 Å². The maximum Gasteiger partial charge on any atom is 0.416 e. The van der Waals surface area contributed by atoms with Crippen LogP contribution >= 0.6 is 0 Å². The van der Waals surface area contributed by atoms with Gasteiger partial charge in [-0.15, -0.1) is 0 Å². The van der Waals surface area contributed by atoms with Crippen molar-refractivity contribution in [3.05, 3.63) is 107 Å². The van der Waals surface area contributed by atoms with Crippen LogP contribution in [-0.2, 0) is 41.7 Å². The van der Waals surface area contributed by atoms with Crippen molar-refractivity contribution in [2.24, 2.45) is 0 Å². The Balaban J connectivity index is 1.20. The maximum absolute atomic E-state index is 12.9. The van der Waals surface area contributed by atoms with Crippen LogP contribution in [0.15, 0.2) is 83.5 Å². The van der Waals surface area contributed by atoms with Crippen molar-refractivity contribution in [1.29, 1.82) is 0 Å². The number of fused-ring (bicyclic) bond motifs is 1. The number of carbonyl (C=O) groups is 2. The van der Waals surface area contributed by atoms with Crippen molar-refractivity contribution in [2.45, 2.75) is 38.2 Å². The normalized spacial score (nSPS) is 14.8. The minimum absolute atomic E-state index is 0.0287. The second kappa shape index (κ2) is 11.7.